The number of piperazine rings is 1. The van der Waals surface area contributed by atoms with Gasteiger partial charge in [-0.2, -0.15) is 4.31 Å². The van der Waals surface area contributed by atoms with Gasteiger partial charge in [0.1, 0.15) is 15.5 Å². The minimum Gasteiger partial charge on any atom is -0.497 e. The molecule has 0 saturated carbocycles. The number of esters is 1. The molecule has 1 saturated heterocycles. The van der Waals surface area contributed by atoms with Crippen molar-refractivity contribution < 1.29 is 27.4 Å². The van der Waals surface area contributed by atoms with E-state index in [0.717, 1.165) is 28.2 Å². The number of hydrogen-bond donors (Lipinski definition) is 0. The van der Waals surface area contributed by atoms with Crippen LogP contribution in [0, 0.1) is 0 Å². The van der Waals surface area contributed by atoms with Crippen LogP contribution in [0.3, 0.4) is 0 Å². The highest BCUT2D eigenvalue weighted by Crippen LogP contribution is 2.28. The highest BCUT2D eigenvalue weighted by Gasteiger charge is 2.33. The van der Waals surface area contributed by atoms with E-state index in [4.69, 9.17) is 25.8 Å². The van der Waals surface area contributed by atoms with E-state index in [1.807, 2.05) is 48.5 Å². The van der Waals surface area contributed by atoms with Crippen molar-refractivity contribution in [3.63, 3.8) is 0 Å². The molecule has 2 heterocycles. The van der Waals surface area contributed by atoms with Crippen molar-refractivity contribution in [2.45, 2.75) is 17.6 Å². The summed E-state index contributed by atoms with van der Waals surface area (Å²) in [6, 6.07) is 16.8. The molecule has 0 bridgehead atoms. The van der Waals surface area contributed by atoms with Crippen molar-refractivity contribution in [1.82, 2.24) is 9.21 Å². The Morgan fingerprint density at radius 1 is 1.05 bits per heavy atom. The zero-order valence-electron chi connectivity index (χ0n) is 20.6. The van der Waals surface area contributed by atoms with Crippen LogP contribution < -0.4 is 4.74 Å². The largest absolute Gasteiger partial charge is 0.497 e. The van der Waals surface area contributed by atoms with E-state index < -0.39 is 16.0 Å². The number of sulfonamides is 1. The summed E-state index contributed by atoms with van der Waals surface area (Å²) in [5.74, 6) is 0.119. The number of thiophene rings is 1. The Morgan fingerprint density at radius 3 is 2.46 bits per heavy atom. The number of carbonyl (C=O) groups is 1. The molecule has 11 heteroatoms. The summed E-state index contributed by atoms with van der Waals surface area (Å²) in [4.78, 5) is 14.3. The van der Waals surface area contributed by atoms with Gasteiger partial charge in [-0.3, -0.25) is 4.90 Å². The number of ether oxygens (including phenoxy) is 3. The summed E-state index contributed by atoms with van der Waals surface area (Å²) in [6.07, 6.45) is -0.241. The zero-order chi connectivity index (χ0) is 26.4. The third-order valence-electron chi connectivity index (χ3n) is 6.20. The van der Waals surface area contributed by atoms with Crippen LogP contribution in [0.4, 0.5) is 0 Å². The van der Waals surface area contributed by atoms with Gasteiger partial charge in [0, 0.05) is 37.7 Å². The molecular formula is C26H29ClN2O6S2. The average Bonchev–Trinajstić information content (AvgIpc) is 3.43. The monoisotopic (exact) mass is 564 g/mol. The number of benzene rings is 2. The van der Waals surface area contributed by atoms with E-state index in [9.17, 15) is 13.2 Å². The Bertz CT molecular complexity index is 1300. The van der Waals surface area contributed by atoms with Crippen molar-refractivity contribution >= 4 is 38.9 Å². The Kier molecular flexibility index (Phi) is 9.22. The van der Waals surface area contributed by atoms with Crippen LogP contribution in [0.5, 0.6) is 5.75 Å². The molecule has 2 aromatic carbocycles. The number of methoxy groups -OCH3 is 2. The molecule has 3 aromatic rings. The van der Waals surface area contributed by atoms with Crippen molar-refractivity contribution in [2.75, 3.05) is 46.9 Å². The maximum Gasteiger partial charge on any atom is 0.349 e. The lowest BCUT2D eigenvalue weighted by Crippen LogP contribution is -2.49. The minimum atomic E-state index is -3.81. The predicted molar refractivity (Wildman–Crippen MR) is 143 cm³/mol. The maximum absolute atomic E-state index is 13.2. The first kappa shape index (κ1) is 27.6. The summed E-state index contributed by atoms with van der Waals surface area (Å²) < 4.78 is 44.3. The van der Waals surface area contributed by atoms with Gasteiger partial charge in [0.25, 0.3) is 0 Å². The summed E-state index contributed by atoms with van der Waals surface area (Å²) >= 11 is 7.16. The maximum atomic E-state index is 13.2. The third-order valence-corrected chi connectivity index (χ3v) is 9.42. The van der Waals surface area contributed by atoms with Gasteiger partial charge in [-0.15, -0.1) is 11.3 Å². The van der Waals surface area contributed by atoms with Gasteiger partial charge in [-0.1, -0.05) is 35.9 Å². The Morgan fingerprint density at radius 2 is 1.78 bits per heavy atom. The number of hydrogen-bond acceptors (Lipinski definition) is 8. The second kappa shape index (κ2) is 12.4. The fourth-order valence-corrected chi connectivity index (χ4v) is 7.02. The molecule has 0 radical (unpaired) electrons. The molecule has 37 heavy (non-hydrogen) atoms. The Labute approximate surface area is 226 Å². The Hall–Kier alpha value is -2.47. The smallest absolute Gasteiger partial charge is 0.349 e. The fraction of sp³-hybridized carbons (Fsp3) is 0.346. The second-order valence-electron chi connectivity index (χ2n) is 8.51. The third kappa shape index (κ3) is 6.70. The van der Waals surface area contributed by atoms with E-state index in [1.54, 1.807) is 12.5 Å². The van der Waals surface area contributed by atoms with Crippen LogP contribution in [0.25, 0.3) is 0 Å². The topological polar surface area (TPSA) is 85.4 Å². The van der Waals surface area contributed by atoms with E-state index in [2.05, 4.69) is 4.90 Å². The molecule has 1 aliphatic rings. The summed E-state index contributed by atoms with van der Waals surface area (Å²) in [7, 11) is -0.937. The summed E-state index contributed by atoms with van der Waals surface area (Å²) in [6.45, 7) is 2.66. The van der Waals surface area contributed by atoms with Crippen LogP contribution >= 0.6 is 22.9 Å². The van der Waals surface area contributed by atoms with Gasteiger partial charge in [0.05, 0.1) is 26.9 Å². The highest BCUT2D eigenvalue weighted by atomic mass is 35.5. The Balaban J connectivity index is 1.43. The molecule has 8 nitrogen and oxygen atoms in total. The fourth-order valence-electron chi connectivity index (χ4n) is 4.16. The molecule has 0 amide bonds. The van der Waals surface area contributed by atoms with E-state index in [-0.39, 0.29) is 15.9 Å². The van der Waals surface area contributed by atoms with Gasteiger partial charge in [-0.05, 0) is 46.8 Å². The SMILES string of the molecule is COC(=O)c1sccc1S(=O)(=O)N1CCN(CC(OCc2cccc(OC)c2)c2ccc(Cl)cc2)CC1. The van der Waals surface area contributed by atoms with Crippen molar-refractivity contribution in [3.8, 4) is 5.75 Å². The van der Waals surface area contributed by atoms with Crippen LogP contribution in [-0.2, 0) is 26.1 Å². The lowest BCUT2D eigenvalue weighted by molar-refractivity contribution is 0.00766. The molecule has 198 valence electrons. The molecule has 0 N–H and O–H groups in total. The van der Waals surface area contributed by atoms with Gasteiger partial charge in [0.15, 0.2) is 0 Å². The van der Waals surface area contributed by atoms with Crippen LogP contribution in [-0.4, -0.2) is 70.5 Å². The van der Waals surface area contributed by atoms with E-state index in [0.29, 0.717) is 44.4 Å². The quantitative estimate of drug-likeness (QED) is 0.336. The first-order valence-corrected chi connectivity index (χ1v) is 14.4. The van der Waals surface area contributed by atoms with E-state index in [1.165, 1.54) is 17.5 Å². The number of rotatable bonds is 10. The number of halogens is 1. The van der Waals surface area contributed by atoms with E-state index >= 15 is 0 Å². The molecule has 1 fully saturated rings. The lowest BCUT2D eigenvalue weighted by Gasteiger charge is -2.35. The standard InChI is InChI=1S/C26H29ClN2O6S2/c1-33-22-5-3-4-19(16-22)18-35-23(20-6-8-21(27)9-7-20)17-28-11-13-29(14-12-28)37(31,32)24-10-15-36-25(24)26(30)34-2/h3-10,15-16,23H,11-14,17-18H2,1-2H3. The first-order chi connectivity index (χ1) is 17.8. The van der Waals surface area contributed by atoms with Crippen molar-refractivity contribution in [3.05, 3.63) is 81.0 Å². The summed E-state index contributed by atoms with van der Waals surface area (Å²) in [5, 5.41) is 2.24. The van der Waals surface area contributed by atoms with Crippen LogP contribution in [0.15, 0.2) is 64.9 Å². The second-order valence-corrected chi connectivity index (χ2v) is 11.8. The molecule has 1 aromatic heterocycles. The number of nitrogens with zero attached hydrogens (tertiary/aromatic N) is 2. The predicted octanol–water partition coefficient (Wildman–Crippen LogP) is 4.46. The van der Waals surface area contributed by atoms with Crippen molar-refractivity contribution in [2.24, 2.45) is 0 Å². The van der Waals surface area contributed by atoms with Crippen LogP contribution in [0.1, 0.15) is 26.9 Å². The molecule has 0 spiro atoms. The normalized spacial score (nSPS) is 15.9. The highest BCUT2D eigenvalue weighted by molar-refractivity contribution is 7.89. The van der Waals surface area contributed by atoms with Crippen molar-refractivity contribution in [1.29, 1.82) is 0 Å². The molecule has 0 aliphatic carbocycles. The molecule has 4 rings (SSSR count). The lowest BCUT2D eigenvalue weighted by atomic mass is 10.1. The summed E-state index contributed by atoms with van der Waals surface area (Å²) in [5.41, 5.74) is 1.98. The molecule has 1 unspecified atom stereocenters. The van der Waals surface area contributed by atoms with Gasteiger partial charge < -0.3 is 14.2 Å². The first-order valence-electron chi connectivity index (χ1n) is 11.7. The van der Waals surface area contributed by atoms with Gasteiger partial charge >= 0.3 is 5.97 Å². The molecular weight excluding hydrogens is 536 g/mol. The zero-order valence-corrected chi connectivity index (χ0v) is 23.0. The molecule has 1 aliphatic heterocycles. The van der Waals surface area contributed by atoms with Gasteiger partial charge in [-0.25, -0.2) is 13.2 Å². The van der Waals surface area contributed by atoms with Crippen LogP contribution in [0.2, 0.25) is 5.02 Å². The average molecular weight is 565 g/mol. The molecule has 1 atom stereocenters. The van der Waals surface area contributed by atoms with Gasteiger partial charge in [0.2, 0.25) is 10.0 Å². The number of carbonyl (C=O) groups excluding carboxylic acids is 1. The minimum absolute atomic E-state index is 0.00142.